The summed E-state index contributed by atoms with van der Waals surface area (Å²) in [5.41, 5.74) is 1.32. The lowest BCUT2D eigenvalue weighted by atomic mass is 10.1. The van der Waals surface area contributed by atoms with E-state index in [2.05, 4.69) is 56.5 Å². The Kier molecular flexibility index (Phi) is 7.03. The second-order valence-electron chi connectivity index (χ2n) is 6.20. The molecule has 2 aromatic heterocycles. The van der Waals surface area contributed by atoms with Gasteiger partial charge >= 0.3 is 0 Å². The van der Waals surface area contributed by atoms with E-state index in [1.807, 2.05) is 6.07 Å². The molecule has 2 heterocycles. The van der Waals surface area contributed by atoms with Crippen molar-refractivity contribution in [2.24, 2.45) is 0 Å². The van der Waals surface area contributed by atoms with Crippen molar-refractivity contribution < 1.29 is 4.79 Å². The highest BCUT2D eigenvalue weighted by atomic mass is 32.2. The van der Waals surface area contributed by atoms with Crippen LogP contribution in [0.15, 0.2) is 53.0 Å². The van der Waals surface area contributed by atoms with Gasteiger partial charge in [-0.1, -0.05) is 48.2 Å². The largest absolute Gasteiger partial charge is 0.305 e. The van der Waals surface area contributed by atoms with Crippen LogP contribution < -0.4 is 0 Å². The Labute approximate surface area is 162 Å². The van der Waals surface area contributed by atoms with Gasteiger partial charge in [0, 0.05) is 30.0 Å². The van der Waals surface area contributed by atoms with Crippen molar-refractivity contribution in [2.45, 2.75) is 44.3 Å². The lowest BCUT2D eigenvalue weighted by molar-refractivity contribution is -0.117. The van der Waals surface area contributed by atoms with Crippen molar-refractivity contribution >= 4 is 28.9 Å². The summed E-state index contributed by atoms with van der Waals surface area (Å²) in [6.45, 7) is 2.51. The SMILES string of the molecule is CC(=O)CCCSc1nnc(Cc2cccs2)n1CCc1ccccc1. The first-order valence-corrected chi connectivity index (χ1v) is 10.7. The first kappa shape index (κ1) is 18.9. The maximum Gasteiger partial charge on any atom is 0.191 e. The van der Waals surface area contributed by atoms with Crippen LogP contribution in [0.25, 0.3) is 0 Å². The third-order valence-electron chi connectivity index (χ3n) is 4.08. The van der Waals surface area contributed by atoms with Gasteiger partial charge in [0.25, 0.3) is 0 Å². The molecule has 0 fully saturated rings. The molecule has 0 radical (unpaired) electrons. The molecular weight excluding hydrogens is 362 g/mol. The van der Waals surface area contributed by atoms with Gasteiger partial charge in [0.1, 0.15) is 11.6 Å². The monoisotopic (exact) mass is 385 g/mol. The number of benzene rings is 1. The highest BCUT2D eigenvalue weighted by Crippen LogP contribution is 2.22. The number of thiophene rings is 1. The molecule has 1 aromatic carbocycles. The average molecular weight is 386 g/mol. The van der Waals surface area contributed by atoms with E-state index in [0.29, 0.717) is 6.42 Å². The number of carbonyl (C=O) groups excluding carboxylic acids is 1. The minimum absolute atomic E-state index is 0.245. The van der Waals surface area contributed by atoms with Gasteiger partial charge in [-0.15, -0.1) is 21.5 Å². The van der Waals surface area contributed by atoms with Crippen LogP contribution in [0.1, 0.15) is 36.0 Å². The summed E-state index contributed by atoms with van der Waals surface area (Å²) in [4.78, 5) is 12.4. The molecule has 0 saturated carbocycles. The number of ketones is 1. The fourth-order valence-corrected chi connectivity index (χ4v) is 4.34. The van der Waals surface area contributed by atoms with Crippen LogP contribution in [0, 0.1) is 0 Å². The van der Waals surface area contributed by atoms with E-state index in [-0.39, 0.29) is 5.78 Å². The van der Waals surface area contributed by atoms with E-state index >= 15 is 0 Å². The summed E-state index contributed by atoms with van der Waals surface area (Å²) in [6, 6.07) is 14.7. The molecule has 0 aliphatic carbocycles. The second kappa shape index (κ2) is 9.69. The number of hydrogen-bond acceptors (Lipinski definition) is 5. The van der Waals surface area contributed by atoms with E-state index in [9.17, 15) is 4.79 Å². The number of hydrogen-bond donors (Lipinski definition) is 0. The Morgan fingerprint density at radius 2 is 2.00 bits per heavy atom. The van der Waals surface area contributed by atoms with Crippen LogP contribution in [-0.2, 0) is 24.2 Å². The van der Waals surface area contributed by atoms with E-state index in [1.165, 1.54) is 10.4 Å². The highest BCUT2D eigenvalue weighted by molar-refractivity contribution is 7.99. The molecule has 4 nitrogen and oxygen atoms in total. The lowest BCUT2D eigenvalue weighted by Gasteiger charge is -2.10. The zero-order valence-electron chi connectivity index (χ0n) is 14.9. The molecule has 6 heteroatoms. The molecule has 3 aromatic rings. The average Bonchev–Trinajstić information content (AvgIpc) is 3.28. The molecule has 0 saturated heterocycles. The summed E-state index contributed by atoms with van der Waals surface area (Å²) in [7, 11) is 0. The van der Waals surface area contributed by atoms with Crippen LogP contribution in [0.3, 0.4) is 0 Å². The predicted octanol–water partition coefficient (Wildman–Crippen LogP) is 4.63. The molecule has 0 unspecified atom stereocenters. The number of aromatic nitrogens is 3. The van der Waals surface area contributed by atoms with Crippen LogP contribution in [0.2, 0.25) is 0 Å². The second-order valence-corrected chi connectivity index (χ2v) is 8.29. The molecule has 0 N–H and O–H groups in total. The predicted molar refractivity (Wildman–Crippen MR) is 108 cm³/mol. The molecule has 136 valence electrons. The molecule has 0 amide bonds. The number of Topliss-reactive ketones (excluding diaryl/α,β-unsaturated/α-hetero) is 1. The summed E-state index contributed by atoms with van der Waals surface area (Å²) >= 11 is 3.45. The minimum atomic E-state index is 0.245. The summed E-state index contributed by atoms with van der Waals surface area (Å²) in [5, 5.41) is 11.9. The highest BCUT2D eigenvalue weighted by Gasteiger charge is 2.13. The molecule has 26 heavy (non-hydrogen) atoms. The van der Waals surface area contributed by atoms with Gasteiger partial charge in [0.05, 0.1) is 0 Å². The normalized spacial score (nSPS) is 11.0. The van der Waals surface area contributed by atoms with Gasteiger partial charge in [0.2, 0.25) is 0 Å². The third kappa shape index (κ3) is 5.54. The fourth-order valence-electron chi connectivity index (χ4n) is 2.72. The quantitative estimate of drug-likeness (QED) is 0.377. The van der Waals surface area contributed by atoms with Crippen molar-refractivity contribution in [1.29, 1.82) is 0 Å². The maximum absolute atomic E-state index is 11.1. The van der Waals surface area contributed by atoms with Crippen LogP contribution >= 0.6 is 23.1 Å². The number of rotatable bonds is 10. The van der Waals surface area contributed by atoms with E-state index in [0.717, 1.165) is 42.5 Å². The van der Waals surface area contributed by atoms with E-state index in [4.69, 9.17) is 0 Å². The number of nitrogens with zero attached hydrogens (tertiary/aromatic N) is 3. The molecule has 0 aliphatic heterocycles. The van der Waals surface area contributed by atoms with E-state index in [1.54, 1.807) is 30.0 Å². The minimum Gasteiger partial charge on any atom is -0.305 e. The van der Waals surface area contributed by atoms with Gasteiger partial charge < -0.3 is 9.36 Å². The topological polar surface area (TPSA) is 47.8 Å². The van der Waals surface area contributed by atoms with Gasteiger partial charge in [-0.3, -0.25) is 0 Å². The summed E-state index contributed by atoms with van der Waals surface area (Å²) in [6.07, 6.45) is 3.28. The Bertz CT molecular complexity index is 813. The van der Waals surface area contributed by atoms with Crippen molar-refractivity contribution in [3.63, 3.8) is 0 Å². The molecule has 3 rings (SSSR count). The Hall–Kier alpha value is -1.92. The Morgan fingerprint density at radius 1 is 1.15 bits per heavy atom. The van der Waals surface area contributed by atoms with Gasteiger partial charge in [0.15, 0.2) is 5.16 Å². The van der Waals surface area contributed by atoms with Crippen molar-refractivity contribution in [3.05, 3.63) is 64.1 Å². The smallest absolute Gasteiger partial charge is 0.191 e. The van der Waals surface area contributed by atoms with Crippen LogP contribution in [-0.4, -0.2) is 26.3 Å². The zero-order chi connectivity index (χ0) is 18.2. The molecular formula is C20H23N3OS2. The van der Waals surface area contributed by atoms with E-state index < -0.39 is 0 Å². The molecule has 0 bridgehead atoms. The molecule has 0 spiro atoms. The summed E-state index contributed by atoms with van der Waals surface area (Å²) in [5.74, 6) is 2.15. The molecule has 0 atom stereocenters. The van der Waals surface area contributed by atoms with Gasteiger partial charge in [-0.2, -0.15) is 0 Å². The Morgan fingerprint density at radius 3 is 2.73 bits per heavy atom. The molecule has 0 aliphatic rings. The standard InChI is InChI=1S/C20H23N3OS2/c1-16(24)7-5-14-26-20-22-21-19(15-18-10-6-13-25-18)23(20)12-11-17-8-3-2-4-9-17/h2-4,6,8-10,13H,5,7,11-12,14-15H2,1H3. The van der Waals surface area contributed by atoms with Gasteiger partial charge in [-0.05, 0) is 36.8 Å². The Balaban J connectivity index is 1.70. The van der Waals surface area contributed by atoms with Crippen LogP contribution in [0.4, 0.5) is 0 Å². The lowest BCUT2D eigenvalue weighted by Crippen LogP contribution is -2.08. The van der Waals surface area contributed by atoms with Crippen LogP contribution in [0.5, 0.6) is 0 Å². The third-order valence-corrected chi connectivity index (χ3v) is 6.01. The number of thioether (sulfide) groups is 1. The summed E-state index contributed by atoms with van der Waals surface area (Å²) < 4.78 is 2.24. The fraction of sp³-hybridized carbons (Fsp3) is 0.350. The van der Waals surface area contributed by atoms with Crippen molar-refractivity contribution in [1.82, 2.24) is 14.8 Å². The number of aryl methyl sites for hydroxylation is 1. The number of carbonyl (C=O) groups is 1. The van der Waals surface area contributed by atoms with Gasteiger partial charge in [-0.25, -0.2) is 0 Å². The van der Waals surface area contributed by atoms with Crippen molar-refractivity contribution in [2.75, 3.05) is 5.75 Å². The first-order valence-electron chi connectivity index (χ1n) is 8.83. The zero-order valence-corrected chi connectivity index (χ0v) is 16.6. The van der Waals surface area contributed by atoms with Crippen molar-refractivity contribution in [3.8, 4) is 0 Å². The first-order chi connectivity index (χ1) is 12.7. The maximum atomic E-state index is 11.1.